The molecule has 4 heteroatoms. The number of carbonyl (C=O) groups excluding carboxylic acids is 1. The van der Waals surface area contributed by atoms with Crippen LogP contribution in [-0.4, -0.2) is 30.6 Å². The van der Waals surface area contributed by atoms with Gasteiger partial charge >= 0.3 is 0 Å². The Morgan fingerprint density at radius 2 is 2.31 bits per heavy atom. The summed E-state index contributed by atoms with van der Waals surface area (Å²) in [6.45, 7) is 7.70. The van der Waals surface area contributed by atoms with Crippen LogP contribution >= 0.6 is 0 Å². The number of nitrogens with two attached hydrogens (primary N) is 1. The highest BCUT2D eigenvalue weighted by atomic mass is 16.1. The molecule has 0 radical (unpaired) electrons. The zero-order valence-electron chi connectivity index (χ0n) is 10.7. The van der Waals surface area contributed by atoms with Crippen LogP contribution in [0.4, 0.5) is 0 Å². The zero-order valence-corrected chi connectivity index (χ0v) is 10.7. The minimum atomic E-state index is -0.282. The summed E-state index contributed by atoms with van der Waals surface area (Å²) in [5.41, 5.74) is 5.45. The molecular weight excluding hydrogens is 202 g/mol. The molecule has 1 heterocycles. The Morgan fingerprint density at radius 1 is 1.62 bits per heavy atom. The summed E-state index contributed by atoms with van der Waals surface area (Å²) in [7, 11) is 0. The highest BCUT2D eigenvalue weighted by molar-refractivity contribution is 5.77. The van der Waals surface area contributed by atoms with Crippen molar-refractivity contribution in [1.29, 1.82) is 0 Å². The molecular formula is C12H25N3O. The maximum atomic E-state index is 11.9. The van der Waals surface area contributed by atoms with Crippen molar-refractivity contribution in [3.8, 4) is 0 Å². The predicted molar refractivity (Wildman–Crippen MR) is 66.1 cm³/mol. The van der Waals surface area contributed by atoms with Crippen LogP contribution < -0.4 is 16.4 Å². The third-order valence-electron chi connectivity index (χ3n) is 3.72. The molecule has 2 unspecified atom stereocenters. The normalized spacial score (nSPS) is 24.4. The molecule has 0 aromatic rings. The monoisotopic (exact) mass is 227 g/mol. The van der Waals surface area contributed by atoms with Crippen molar-refractivity contribution in [2.45, 2.75) is 51.6 Å². The van der Waals surface area contributed by atoms with Crippen LogP contribution in [0.3, 0.4) is 0 Å². The number of hydrogen-bond acceptors (Lipinski definition) is 3. The lowest BCUT2D eigenvalue weighted by atomic mass is 9.88. The fourth-order valence-electron chi connectivity index (χ4n) is 1.96. The van der Waals surface area contributed by atoms with E-state index in [-0.39, 0.29) is 11.4 Å². The third-order valence-corrected chi connectivity index (χ3v) is 3.72. The van der Waals surface area contributed by atoms with Crippen molar-refractivity contribution >= 4 is 5.91 Å². The first-order valence-corrected chi connectivity index (χ1v) is 6.22. The molecule has 0 bridgehead atoms. The van der Waals surface area contributed by atoms with E-state index in [1.54, 1.807) is 0 Å². The Kier molecular flexibility index (Phi) is 4.74. The van der Waals surface area contributed by atoms with Crippen molar-refractivity contribution in [3.05, 3.63) is 0 Å². The highest BCUT2D eigenvalue weighted by Gasteiger charge is 2.29. The van der Waals surface area contributed by atoms with Gasteiger partial charge in [-0.25, -0.2) is 0 Å². The number of hydrogen-bond donors (Lipinski definition) is 3. The molecule has 16 heavy (non-hydrogen) atoms. The summed E-state index contributed by atoms with van der Waals surface area (Å²) in [5.74, 6) is 0.457. The summed E-state index contributed by atoms with van der Waals surface area (Å²) in [6, 6.07) is 0.356. The van der Waals surface area contributed by atoms with Gasteiger partial charge in [0.25, 0.3) is 0 Å². The van der Waals surface area contributed by atoms with E-state index in [1.165, 1.54) is 6.42 Å². The number of rotatable bonds is 5. The second kappa shape index (κ2) is 5.64. The summed E-state index contributed by atoms with van der Waals surface area (Å²) in [4.78, 5) is 11.9. The maximum Gasteiger partial charge on any atom is 0.222 e. The number of carbonyl (C=O) groups is 1. The van der Waals surface area contributed by atoms with E-state index in [9.17, 15) is 4.79 Å². The summed E-state index contributed by atoms with van der Waals surface area (Å²) < 4.78 is 0. The smallest absolute Gasteiger partial charge is 0.222 e. The third kappa shape index (κ3) is 3.46. The summed E-state index contributed by atoms with van der Waals surface area (Å²) in [5, 5.41) is 6.39. The molecule has 2 atom stereocenters. The molecule has 94 valence electrons. The molecule has 1 saturated heterocycles. The molecule has 1 rings (SSSR count). The largest absolute Gasteiger partial charge is 0.349 e. The van der Waals surface area contributed by atoms with Crippen molar-refractivity contribution in [2.75, 3.05) is 13.1 Å². The van der Waals surface area contributed by atoms with Gasteiger partial charge in [0.05, 0.1) is 5.54 Å². The first-order chi connectivity index (χ1) is 7.48. The lowest BCUT2D eigenvalue weighted by Gasteiger charge is -2.34. The lowest BCUT2D eigenvalue weighted by Crippen LogP contribution is -2.55. The van der Waals surface area contributed by atoms with Gasteiger partial charge in [0, 0.05) is 19.0 Å². The second-order valence-corrected chi connectivity index (χ2v) is 5.32. The van der Waals surface area contributed by atoms with Crippen molar-refractivity contribution < 1.29 is 4.79 Å². The first kappa shape index (κ1) is 13.5. The molecule has 0 spiro atoms. The second-order valence-electron chi connectivity index (χ2n) is 5.32. The molecule has 1 fully saturated rings. The van der Waals surface area contributed by atoms with Gasteiger partial charge in [-0.15, -0.1) is 0 Å². The summed E-state index contributed by atoms with van der Waals surface area (Å²) >= 11 is 0. The van der Waals surface area contributed by atoms with Gasteiger partial charge in [-0.05, 0) is 32.2 Å². The zero-order chi connectivity index (χ0) is 12.2. The molecule has 0 aromatic heterocycles. The van der Waals surface area contributed by atoms with E-state index in [0.29, 0.717) is 24.9 Å². The molecule has 0 aliphatic carbocycles. The Bertz CT molecular complexity index is 236. The quantitative estimate of drug-likeness (QED) is 0.645. The van der Waals surface area contributed by atoms with E-state index in [2.05, 4.69) is 24.5 Å². The van der Waals surface area contributed by atoms with Crippen LogP contribution in [0, 0.1) is 5.92 Å². The molecule has 4 nitrogen and oxygen atoms in total. The van der Waals surface area contributed by atoms with Gasteiger partial charge in [0.1, 0.15) is 0 Å². The van der Waals surface area contributed by atoms with Crippen LogP contribution in [0.25, 0.3) is 0 Å². The van der Waals surface area contributed by atoms with Gasteiger partial charge in [-0.2, -0.15) is 0 Å². The maximum absolute atomic E-state index is 11.9. The van der Waals surface area contributed by atoms with E-state index in [1.807, 2.05) is 6.92 Å². The fourth-order valence-corrected chi connectivity index (χ4v) is 1.96. The minimum Gasteiger partial charge on any atom is -0.349 e. The van der Waals surface area contributed by atoms with Crippen molar-refractivity contribution in [3.63, 3.8) is 0 Å². The Morgan fingerprint density at radius 3 is 2.75 bits per heavy atom. The van der Waals surface area contributed by atoms with Gasteiger partial charge in [0.15, 0.2) is 0 Å². The molecule has 1 aliphatic rings. The van der Waals surface area contributed by atoms with Crippen molar-refractivity contribution in [2.24, 2.45) is 11.7 Å². The van der Waals surface area contributed by atoms with Crippen molar-refractivity contribution in [1.82, 2.24) is 10.6 Å². The van der Waals surface area contributed by atoms with Gasteiger partial charge in [-0.1, -0.05) is 13.8 Å². The Balaban J connectivity index is 2.42. The number of amides is 1. The van der Waals surface area contributed by atoms with E-state index in [0.717, 1.165) is 13.0 Å². The SMILES string of the molecule is CC(C)C(C)(CN)NC(=O)CC1CCCN1. The molecule has 0 aromatic carbocycles. The van der Waals surface area contributed by atoms with Gasteiger partial charge in [0.2, 0.25) is 5.91 Å². The average molecular weight is 227 g/mol. The minimum absolute atomic E-state index is 0.112. The summed E-state index contributed by atoms with van der Waals surface area (Å²) in [6.07, 6.45) is 2.85. The molecule has 1 amide bonds. The first-order valence-electron chi connectivity index (χ1n) is 6.22. The average Bonchev–Trinajstić information content (AvgIpc) is 2.69. The van der Waals surface area contributed by atoms with Gasteiger partial charge < -0.3 is 16.4 Å². The van der Waals surface area contributed by atoms with Crippen LogP contribution in [0.15, 0.2) is 0 Å². The fraction of sp³-hybridized carbons (Fsp3) is 0.917. The van der Waals surface area contributed by atoms with Gasteiger partial charge in [-0.3, -0.25) is 4.79 Å². The molecule has 1 aliphatic heterocycles. The van der Waals surface area contributed by atoms with Crippen LogP contribution in [0.5, 0.6) is 0 Å². The Hall–Kier alpha value is -0.610. The molecule has 4 N–H and O–H groups in total. The highest BCUT2D eigenvalue weighted by Crippen LogP contribution is 2.16. The molecule has 0 saturated carbocycles. The van der Waals surface area contributed by atoms with Crippen LogP contribution in [-0.2, 0) is 4.79 Å². The predicted octanol–water partition coefficient (Wildman–Crippen LogP) is 0.618. The number of nitrogens with one attached hydrogen (secondary N) is 2. The van der Waals surface area contributed by atoms with E-state index >= 15 is 0 Å². The Labute approximate surface area is 98.3 Å². The van der Waals surface area contributed by atoms with Crippen LogP contribution in [0.1, 0.15) is 40.0 Å². The van der Waals surface area contributed by atoms with E-state index < -0.39 is 0 Å². The topological polar surface area (TPSA) is 67.1 Å². The standard InChI is InChI=1S/C12H25N3O/c1-9(2)12(3,8-13)15-11(16)7-10-5-4-6-14-10/h9-10,14H,4-8,13H2,1-3H3,(H,15,16). The van der Waals surface area contributed by atoms with Crippen LogP contribution in [0.2, 0.25) is 0 Å². The van der Waals surface area contributed by atoms with E-state index in [4.69, 9.17) is 5.73 Å². The lowest BCUT2D eigenvalue weighted by molar-refractivity contribution is -0.123.